The fourth-order valence-electron chi connectivity index (χ4n) is 0.886. The first kappa shape index (κ1) is 8.30. The molecule has 1 nitrogen and oxygen atoms in total. The van der Waals surface area contributed by atoms with Crippen LogP contribution in [0.2, 0.25) is 0 Å². The van der Waals surface area contributed by atoms with Crippen LogP contribution in [-0.4, -0.2) is 0 Å². The molecule has 12 heavy (non-hydrogen) atoms. The quantitative estimate of drug-likeness (QED) is 0.574. The molecule has 0 unspecified atom stereocenters. The van der Waals surface area contributed by atoms with E-state index in [0.717, 1.165) is 5.56 Å². The Hall–Kier alpha value is -1.80. The average molecular weight is 159 g/mol. The molecule has 58 valence electrons. The maximum atomic E-state index is 12.7. The first-order valence-corrected chi connectivity index (χ1v) is 3.40. The summed E-state index contributed by atoms with van der Waals surface area (Å²) in [5.74, 6) is 1.92. The Bertz CT molecular complexity index is 368. The van der Waals surface area contributed by atoms with E-state index in [1.807, 2.05) is 0 Å². The normalized spacial score (nSPS) is 8.58. The molecule has 0 atom stereocenters. The van der Waals surface area contributed by atoms with Gasteiger partial charge in [0.05, 0.1) is 5.56 Å². The lowest BCUT2D eigenvalue weighted by molar-refractivity contribution is 0.623. The molecule has 0 spiro atoms. The molecular weight excluding hydrogens is 153 g/mol. The van der Waals surface area contributed by atoms with E-state index in [9.17, 15) is 4.39 Å². The molecule has 0 amide bonds. The lowest BCUT2D eigenvalue weighted by Gasteiger charge is -1.96. The Kier molecular flexibility index (Phi) is 2.46. The van der Waals surface area contributed by atoms with Crippen LogP contribution in [0.5, 0.6) is 0 Å². The zero-order valence-electron chi connectivity index (χ0n) is 6.34. The van der Waals surface area contributed by atoms with E-state index in [2.05, 4.69) is 5.92 Å². The van der Waals surface area contributed by atoms with E-state index in [1.54, 1.807) is 12.1 Å². The first-order chi connectivity index (χ1) is 5.77. The van der Waals surface area contributed by atoms with Crippen molar-refractivity contribution in [2.75, 3.05) is 0 Å². The molecular formula is C10H6FN. The Morgan fingerprint density at radius 3 is 2.83 bits per heavy atom. The van der Waals surface area contributed by atoms with Gasteiger partial charge in [0.1, 0.15) is 11.9 Å². The van der Waals surface area contributed by atoms with Crippen molar-refractivity contribution in [2.24, 2.45) is 0 Å². The van der Waals surface area contributed by atoms with Gasteiger partial charge < -0.3 is 0 Å². The summed E-state index contributed by atoms with van der Waals surface area (Å²) in [4.78, 5) is 0. The summed E-state index contributed by atoms with van der Waals surface area (Å²) in [6.07, 6.45) is 5.49. The van der Waals surface area contributed by atoms with Crippen molar-refractivity contribution in [1.29, 1.82) is 5.26 Å². The van der Waals surface area contributed by atoms with Crippen molar-refractivity contribution >= 4 is 0 Å². The molecule has 0 aliphatic heterocycles. The first-order valence-electron chi connectivity index (χ1n) is 3.40. The van der Waals surface area contributed by atoms with Crippen LogP contribution in [0.3, 0.4) is 0 Å². The van der Waals surface area contributed by atoms with Crippen LogP contribution in [0.25, 0.3) is 0 Å². The van der Waals surface area contributed by atoms with E-state index < -0.39 is 5.82 Å². The number of rotatable bonds is 1. The Balaban J connectivity index is 3.09. The van der Waals surface area contributed by atoms with E-state index >= 15 is 0 Å². The monoisotopic (exact) mass is 159 g/mol. The summed E-state index contributed by atoms with van der Waals surface area (Å²) in [6, 6.07) is 6.05. The van der Waals surface area contributed by atoms with Crippen molar-refractivity contribution in [3.05, 3.63) is 35.1 Å². The van der Waals surface area contributed by atoms with Crippen LogP contribution in [-0.2, 0) is 6.42 Å². The molecule has 1 aromatic carbocycles. The molecule has 1 rings (SSSR count). The molecule has 0 saturated carbocycles. The highest BCUT2D eigenvalue weighted by atomic mass is 19.1. The minimum atomic E-state index is -0.502. The molecule has 0 saturated heterocycles. The molecule has 0 fully saturated rings. The van der Waals surface area contributed by atoms with Crippen LogP contribution in [0.1, 0.15) is 11.1 Å². The van der Waals surface area contributed by atoms with Gasteiger partial charge in [0, 0.05) is 6.42 Å². The highest BCUT2D eigenvalue weighted by molar-refractivity contribution is 5.35. The van der Waals surface area contributed by atoms with Crippen molar-refractivity contribution in [3.8, 4) is 18.4 Å². The maximum absolute atomic E-state index is 12.7. The maximum Gasteiger partial charge on any atom is 0.140 e. The Labute approximate surface area is 70.4 Å². The van der Waals surface area contributed by atoms with Gasteiger partial charge in [-0.1, -0.05) is 6.07 Å². The van der Waals surface area contributed by atoms with Crippen molar-refractivity contribution in [2.45, 2.75) is 6.42 Å². The molecule has 0 aliphatic rings. The average Bonchev–Trinajstić information content (AvgIpc) is 2.09. The Morgan fingerprint density at radius 1 is 1.50 bits per heavy atom. The molecule has 0 heterocycles. The summed E-state index contributed by atoms with van der Waals surface area (Å²) in [5.41, 5.74) is 0.832. The molecule has 0 bridgehead atoms. The predicted octanol–water partition coefficient (Wildman–Crippen LogP) is 1.87. The fraction of sp³-hybridized carbons (Fsp3) is 0.100. The summed E-state index contributed by atoms with van der Waals surface area (Å²) >= 11 is 0. The number of nitrogens with zero attached hydrogens (tertiary/aromatic N) is 1. The van der Waals surface area contributed by atoms with Gasteiger partial charge in [0.25, 0.3) is 0 Å². The second kappa shape index (κ2) is 3.55. The van der Waals surface area contributed by atoms with Gasteiger partial charge in [0.2, 0.25) is 0 Å². The lowest BCUT2D eigenvalue weighted by atomic mass is 10.1. The van der Waals surface area contributed by atoms with Crippen LogP contribution in [0, 0.1) is 29.5 Å². The van der Waals surface area contributed by atoms with Gasteiger partial charge in [0.15, 0.2) is 0 Å². The SMILES string of the molecule is C#CCc1ccc(F)c(C#N)c1. The van der Waals surface area contributed by atoms with Crippen molar-refractivity contribution < 1.29 is 4.39 Å². The minimum absolute atomic E-state index is 0.0442. The minimum Gasteiger partial charge on any atom is -0.206 e. The van der Waals surface area contributed by atoms with E-state index in [-0.39, 0.29) is 5.56 Å². The van der Waals surface area contributed by atoms with Crippen molar-refractivity contribution in [3.63, 3.8) is 0 Å². The van der Waals surface area contributed by atoms with Crippen LogP contribution in [0.15, 0.2) is 18.2 Å². The van der Waals surface area contributed by atoms with E-state index in [4.69, 9.17) is 11.7 Å². The van der Waals surface area contributed by atoms with Gasteiger partial charge in [-0.15, -0.1) is 12.3 Å². The second-order valence-corrected chi connectivity index (χ2v) is 2.31. The highest BCUT2D eigenvalue weighted by Gasteiger charge is 2.00. The number of hydrogen-bond acceptors (Lipinski definition) is 1. The summed E-state index contributed by atoms with van der Waals surface area (Å²) in [7, 11) is 0. The van der Waals surface area contributed by atoms with Gasteiger partial charge in [-0.25, -0.2) is 4.39 Å². The topological polar surface area (TPSA) is 23.8 Å². The number of halogens is 1. The van der Waals surface area contributed by atoms with Gasteiger partial charge >= 0.3 is 0 Å². The summed E-state index contributed by atoms with van der Waals surface area (Å²) in [6.45, 7) is 0. The fourth-order valence-corrected chi connectivity index (χ4v) is 0.886. The third-order valence-corrected chi connectivity index (χ3v) is 1.46. The molecule has 1 aromatic rings. The van der Waals surface area contributed by atoms with Gasteiger partial charge in [-0.3, -0.25) is 0 Å². The number of benzene rings is 1. The summed E-state index contributed by atoms with van der Waals surface area (Å²) < 4.78 is 12.7. The van der Waals surface area contributed by atoms with E-state index in [1.165, 1.54) is 12.1 Å². The van der Waals surface area contributed by atoms with Gasteiger partial charge in [-0.2, -0.15) is 5.26 Å². The molecule has 0 radical (unpaired) electrons. The van der Waals surface area contributed by atoms with Crippen LogP contribution < -0.4 is 0 Å². The van der Waals surface area contributed by atoms with E-state index in [0.29, 0.717) is 6.42 Å². The smallest absolute Gasteiger partial charge is 0.140 e. The molecule has 2 heteroatoms. The zero-order valence-corrected chi connectivity index (χ0v) is 6.34. The lowest BCUT2D eigenvalue weighted by Crippen LogP contribution is -1.87. The number of nitriles is 1. The Morgan fingerprint density at radius 2 is 2.25 bits per heavy atom. The summed E-state index contributed by atoms with van der Waals surface area (Å²) in [5, 5.41) is 8.47. The van der Waals surface area contributed by atoms with Crippen LogP contribution in [0.4, 0.5) is 4.39 Å². The largest absolute Gasteiger partial charge is 0.206 e. The standard InChI is InChI=1S/C10H6FN/c1-2-3-8-4-5-10(11)9(6-8)7-12/h1,4-6H,3H2. The third-order valence-electron chi connectivity index (χ3n) is 1.46. The zero-order chi connectivity index (χ0) is 8.97. The molecule has 0 aromatic heterocycles. The highest BCUT2D eigenvalue weighted by Crippen LogP contribution is 2.09. The molecule has 0 N–H and O–H groups in total. The predicted molar refractivity (Wildman–Crippen MR) is 43.7 cm³/mol. The third kappa shape index (κ3) is 1.62. The molecule has 0 aliphatic carbocycles. The van der Waals surface area contributed by atoms with Crippen LogP contribution >= 0.6 is 0 Å². The number of terminal acetylenes is 1. The van der Waals surface area contributed by atoms with Gasteiger partial charge in [-0.05, 0) is 17.7 Å². The number of hydrogen-bond donors (Lipinski definition) is 0. The second-order valence-electron chi connectivity index (χ2n) is 2.31. The van der Waals surface area contributed by atoms with Crippen molar-refractivity contribution in [1.82, 2.24) is 0 Å².